The summed E-state index contributed by atoms with van der Waals surface area (Å²) in [5.41, 5.74) is 0.320. The van der Waals surface area contributed by atoms with Crippen LogP contribution in [0.2, 0.25) is 0 Å². The lowest BCUT2D eigenvalue weighted by Crippen LogP contribution is -2.39. The molecule has 0 radical (unpaired) electrons. The number of carbonyl (C=O) groups excluding carboxylic acids is 1. The van der Waals surface area contributed by atoms with Crippen molar-refractivity contribution in [1.29, 1.82) is 0 Å². The van der Waals surface area contributed by atoms with Crippen LogP contribution in [0.25, 0.3) is 16.3 Å². The highest BCUT2D eigenvalue weighted by molar-refractivity contribution is 7.22. The van der Waals surface area contributed by atoms with E-state index in [-0.39, 0.29) is 24.1 Å². The first-order valence-electron chi connectivity index (χ1n) is 9.59. The molecule has 4 rings (SSSR count). The Kier molecular flexibility index (Phi) is 8.35. The number of benzene rings is 1. The molecule has 1 amide bonds. The van der Waals surface area contributed by atoms with E-state index in [4.69, 9.17) is 4.74 Å². The zero-order valence-corrected chi connectivity index (χ0v) is 18.8. The molecule has 0 atom stereocenters. The fourth-order valence-corrected chi connectivity index (χ4v) is 4.85. The van der Waals surface area contributed by atoms with E-state index in [1.165, 1.54) is 17.4 Å². The van der Waals surface area contributed by atoms with Gasteiger partial charge in [0.25, 0.3) is 5.91 Å². The maximum Gasteiger partial charge on any atom is 0.252 e. The van der Waals surface area contributed by atoms with Crippen LogP contribution in [0.5, 0.6) is 0 Å². The third-order valence-corrected chi connectivity index (χ3v) is 6.63. The average Bonchev–Trinajstić information content (AvgIpc) is 3.41. The SMILES string of the molecule is Cl.O=C(C=Cc1cccs1)N(CCCN1CCOCC1)c1nc2c(F)cccc2s1. The number of anilines is 1. The van der Waals surface area contributed by atoms with E-state index in [1.54, 1.807) is 28.4 Å². The van der Waals surface area contributed by atoms with Crippen molar-refractivity contribution in [3.05, 3.63) is 52.5 Å². The Balaban J connectivity index is 0.00000256. The number of carbonyl (C=O) groups is 1. The number of hydrogen-bond acceptors (Lipinski definition) is 6. The van der Waals surface area contributed by atoms with Gasteiger partial charge in [0.2, 0.25) is 0 Å². The summed E-state index contributed by atoms with van der Waals surface area (Å²) in [6.45, 7) is 4.76. The summed E-state index contributed by atoms with van der Waals surface area (Å²) in [4.78, 5) is 22.4. The minimum absolute atomic E-state index is 0. The number of thiazole rings is 1. The molecule has 0 saturated carbocycles. The molecule has 1 aliphatic heterocycles. The highest BCUT2D eigenvalue weighted by Gasteiger charge is 2.20. The van der Waals surface area contributed by atoms with Crippen molar-refractivity contribution in [3.8, 4) is 0 Å². The molecule has 30 heavy (non-hydrogen) atoms. The van der Waals surface area contributed by atoms with Gasteiger partial charge in [-0.1, -0.05) is 23.5 Å². The van der Waals surface area contributed by atoms with E-state index in [1.807, 2.05) is 29.7 Å². The standard InChI is InChI=1S/C21H22FN3O2S2.ClH/c22-17-5-1-6-18-20(17)23-21(29-18)25(10-3-9-24-11-13-27-14-12-24)19(26)8-7-16-4-2-15-28-16;/h1-2,4-8,15H,3,9-14H2;1H. The summed E-state index contributed by atoms with van der Waals surface area (Å²) < 4.78 is 20.2. The number of nitrogens with zero attached hydrogens (tertiary/aromatic N) is 3. The predicted octanol–water partition coefficient (Wildman–Crippen LogP) is 4.69. The molecule has 160 valence electrons. The molecular formula is C21H23ClFN3O2S2. The molecule has 0 spiro atoms. The van der Waals surface area contributed by atoms with Crippen LogP contribution in [0.3, 0.4) is 0 Å². The first-order valence-corrected chi connectivity index (χ1v) is 11.3. The van der Waals surface area contributed by atoms with Crippen LogP contribution in [0.15, 0.2) is 41.8 Å². The molecule has 3 aromatic rings. The van der Waals surface area contributed by atoms with Crippen LogP contribution in [0.4, 0.5) is 9.52 Å². The molecule has 2 aromatic heterocycles. The van der Waals surface area contributed by atoms with Crippen LogP contribution < -0.4 is 4.90 Å². The van der Waals surface area contributed by atoms with E-state index in [9.17, 15) is 9.18 Å². The highest BCUT2D eigenvalue weighted by Crippen LogP contribution is 2.30. The number of fused-ring (bicyclic) bond motifs is 1. The lowest BCUT2D eigenvalue weighted by atomic mass is 10.3. The van der Waals surface area contributed by atoms with Gasteiger partial charge >= 0.3 is 0 Å². The van der Waals surface area contributed by atoms with Crippen LogP contribution >= 0.6 is 35.1 Å². The molecule has 0 bridgehead atoms. The van der Waals surface area contributed by atoms with Gasteiger partial charge in [0.15, 0.2) is 5.13 Å². The van der Waals surface area contributed by atoms with E-state index < -0.39 is 0 Å². The molecule has 3 heterocycles. The van der Waals surface area contributed by atoms with Gasteiger partial charge < -0.3 is 4.74 Å². The third-order valence-electron chi connectivity index (χ3n) is 4.75. The fraction of sp³-hybridized carbons (Fsp3) is 0.333. The molecule has 1 aliphatic rings. The second kappa shape index (κ2) is 11.0. The van der Waals surface area contributed by atoms with Crippen molar-refractivity contribution in [2.75, 3.05) is 44.3 Å². The topological polar surface area (TPSA) is 45.7 Å². The maximum atomic E-state index is 14.1. The van der Waals surface area contributed by atoms with Crippen LogP contribution in [-0.2, 0) is 9.53 Å². The molecular weight excluding hydrogens is 445 g/mol. The van der Waals surface area contributed by atoms with Gasteiger partial charge in [-0.25, -0.2) is 9.37 Å². The minimum Gasteiger partial charge on any atom is -0.379 e. The summed E-state index contributed by atoms with van der Waals surface area (Å²) in [7, 11) is 0. The smallest absolute Gasteiger partial charge is 0.252 e. The average molecular weight is 468 g/mol. The van der Waals surface area contributed by atoms with Crippen molar-refractivity contribution in [3.63, 3.8) is 0 Å². The Morgan fingerprint density at radius 3 is 2.83 bits per heavy atom. The minimum atomic E-state index is -0.361. The van der Waals surface area contributed by atoms with Crippen molar-refractivity contribution in [2.24, 2.45) is 0 Å². The number of morpholine rings is 1. The van der Waals surface area contributed by atoms with E-state index >= 15 is 0 Å². The summed E-state index contributed by atoms with van der Waals surface area (Å²) in [5.74, 6) is -0.500. The zero-order chi connectivity index (χ0) is 20.1. The lowest BCUT2D eigenvalue weighted by molar-refractivity contribution is -0.114. The first-order chi connectivity index (χ1) is 14.2. The Bertz CT molecular complexity index is 987. The van der Waals surface area contributed by atoms with Crippen molar-refractivity contribution in [2.45, 2.75) is 6.42 Å². The molecule has 1 aromatic carbocycles. The number of hydrogen-bond donors (Lipinski definition) is 0. The maximum absolute atomic E-state index is 14.1. The Morgan fingerprint density at radius 1 is 1.27 bits per heavy atom. The number of para-hydroxylation sites is 1. The second-order valence-corrected chi connectivity index (χ2v) is 8.72. The largest absolute Gasteiger partial charge is 0.379 e. The third kappa shape index (κ3) is 5.65. The Labute approximate surface area is 189 Å². The quantitative estimate of drug-likeness (QED) is 0.473. The van der Waals surface area contributed by atoms with Gasteiger partial charge in [-0.2, -0.15) is 0 Å². The normalized spacial score (nSPS) is 14.8. The Morgan fingerprint density at radius 2 is 2.10 bits per heavy atom. The molecule has 0 unspecified atom stereocenters. The van der Waals surface area contributed by atoms with Crippen molar-refractivity contribution >= 4 is 62.4 Å². The van der Waals surface area contributed by atoms with Gasteiger partial charge in [0.1, 0.15) is 11.3 Å². The monoisotopic (exact) mass is 467 g/mol. The number of rotatable bonds is 7. The van der Waals surface area contributed by atoms with Crippen LogP contribution in [-0.4, -0.2) is 55.2 Å². The number of amides is 1. The highest BCUT2D eigenvalue weighted by atomic mass is 35.5. The fourth-order valence-electron chi connectivity index (χ4n) is 3.23. The molecule has 1 fully saturated rings. The summed E-state index contributed by atoms with van der Waals surface area (Å²) in [6.07, 6.45) is 4.20. The van der Waals surface area contributed by atoms with Crippen molar-refractivity contribution in [1.82, 2.24) is 9.88 Å². The molecule has 0 N–H and O–H groups in total. The molecule has 9 heteroatoms. The van der Waals surface area contributed by atoms with Gasteiger partial charge in [0.05, 0.1) is 17.9 Å². The lowest BCUT2D eigenvalue weighted by Gasteiger charge is -2.27. The second-order valence-electron chi connectivity index (χ2n) is 6.73. The Hall–Kier alpha value is -1.84. The van der Waals surface area contributed by atoms with Crippen LogP contribution in [0, 0.1) is 5.82 Å². The summed E-state index contributed by atoms with van der Waals surface area (Å²) in [6, 6.07) is 8.81. The molecule has 1 saturated heterocycles. The van der Waals surface area contributed by atoms with Gasteiger partial charge in [0, 0.05) is 37.1 Å². The van der Waals surface area contributed by atoms with E-state index in [2.05, 4.69) is 9.88 Å². The van der Waals surface area contributed by atoms with Crippen LogP contribution in [0.1, 0.15) is 11.3 Å². The molecule has 0 aliphatic carbocycles. The number of aromatic nitrogens is 1. The van der Waals surface area contributed by atoms with E-state index in [0.717, 1.165) is 48.8 Å². The number of thiophene rings is 1. The van der Waals surface area contributed by atoms with Gasteiger partial charge in [-0.05, 0) is 36.1 Å². The summed E-state index contributed by atoms with van der Waals surface area (Å²) in [5, 5.41) is 2.51. The number of ether oxygens (including phenoxy) is 1. The van der Waals surface area contributed by atoms with E-state index in [0.29, 0.717) is 17.2 Å². The first kappa shape index (κ1) is 22.8. The van der Waals surface area contributed by atoms with Crippen molar-refractivity contribution < 1.29 is 13.9 Å². The predicted molar refractivity (Wildman–Crippen MR) is 124 cm³/mol. The van der Waals surface area contributed by atoms with Gasteiger partial charge in [-0.3, -0.25) is 14.6 Å². The summed E-state index contributed by atoms with van der Waals surface area (Å²) >= 11 is 2.92. The number of halogens is 2. The molecule has 5 nitrogen and oxygen atoms in total. The van der Waals surface area contributed by atoms with Gasteiger partial charge in [-0.15, -0.1) is 23.7 Å². The zero-order valence-electron chi connectivity index (χ0n) is 16.3.